The number of unbranched alkanes of at least 4 members (excludes halogenated alkanes) is 3. The van der Waals surface area contributed by atoms with Crippen molar-refractivity contribution in [3.8, 4) is 0 Å². The van der Waals surface area contributed by atoms with Gasteiger partial charge in [0.05, 0.1) is 37.0 Å². The molecule has 0 unspecified atom stereocenters. The second-order valence-corrected chi connectivity index (χ2v) is 8.37. The Morgan fingerprint density at radius 1 is 1.07 bits per heavy atom. The number of hydrogen-bond acceptors (Lipinski definition) is 7. The van der Waals surface area contributed by atoms with E-state index >= 15 is 0 Å². The van der Waals surface area contributed by atoms with E-state index in [9.17, 15) is 25.2 Å². The highest BCUT2D eigenvalue weighted by Gasteiger charge is 2.39. The molecule has 2 rings (SSSR count). The van der Waals surface area contributed by atoms with Crippen molar-refractivity contribution in [2.75, 3.05) is 13.2 Å². The Labute approximate surface area is 167 Å². The molecule has 2 aliphatic rings. The maximum atomic E-state index is 11.7. The highest BCUT2D eigenvalue weighted by molar-refractivity contribution is 5.73. The van der Waals surface area contributed by atoms with Crippen molar-refractivity contribution in [2.24, 2.45) is 0 Å². The van der Waals surface area contributed by atoms with E-state index in [2.05, 4.69) is 5.32 Å². The number of amides is 1. The molecule has 2 heterocycles. The average Bonchev–Trinajstić information content (AvgIpc) is 2.97. The third-order valence-corrected chi connectivity index (χ3v) is 6.31. The molecule has 6 N–H and O–H groups in total. The van der Waals surface area contributed by atoms with E-state index < -0.39 is 30.5 Å². The third kappa shape index (κ3) is 6.11. The first-order valence-corrected chi connectivity index (χ1v) is 10.7. The van der Waals surface area contributed by atoms with Crippen LogP contribution in [0.15, 0.2) is 0 Å². The number of carbonyl (C=O) groups is 1. The lowest BCUT2D eigenvalue weighted by molar-refractivity contribution is -0.138. The predicted molar refractivity (Wildman–Crippen MR) is 105 cm³/mol. The summed E-state index contributed by atoms with van der Waals surface area (Å²) in [5, 5.41) is 52.8. The molecule has 164 valence electrons. The van der Waals surface area contributed by atoms with Gasteiger partial charge in [0.1, 0.15) is 6.10 Å². The number of rotatable bonds is 10. The molecule has 2 aliphatic heterocycles. The fourth-order valence-corrected chi connectivity index (χ4v) is 4.56. The van der Waals surface area contributed by atoms with Gasteiger partial charge in [0, 0.05) is 19.5 Å². The normalized spacial score (nSPS) is 33.1. The fraction of sp³-hybridized carbons (Fsp3) is 0.950. The van der Waals surface area contributed by atoms with E-state index in [1.165, 1.54) is 6.92 Å². The number of aliphatic hydroxyl groups is 5. The summed E-state index contributed by atoms with van der Waals surface area (Å²) in [4.78, 5) is 13.4. The first-order valence-electron chi connectivity index (χ1n) is 10.7. The topological polar surface area (TPSA) is 133 Å². The number of nitrogens with one attached hydrogen (secondary N) is 1. The number of carbonyl (C=O) groups excluding carboxylic acids is 1. The van der Waals surface area contributed by atoms with Gasteiger partial charge in [-0.1, -0.05) is 25.7 Å². The van der Waals surface area contributed by atoms with Crippen molar-refractivity contribution in [3.63, 3.8) is 0 Å². The number of likely N-dealkylation sites (tertiary alicyclic amines) is 1. The van der Waals surface area contributed by atoms with Crippen LogP contribution in [0.25, 0.3) is 0 Å². The van der Waals surface area contributed by atoms with E-state index in [0.29, 0.717) is 13.0 Å². The average molecular weight is 403 g/mol. The third-order valence-electron chi connectivity index (χ3n) is 6.31. The molecule has 0 aromatic rings. The molecule has 2 fully saturated rings. The first kappa shape index (κ1) is 23.5. The lowest BCUT2D eigenvalue weighted by Crippen LogP contribution is -2.52. The zero-order valence-electron chi connectivity index (χ0n) is 16.9. The van der Waals surface area contributed by atoms with Crippen molar-refractivity contribution in [3.05, 3.63) is 0 Å². The molecule has 0 radical (unpaired) electrons. The Morgan fingerprint density at radius 2 is 1.75 bits per heavy atom. The second-order valence-electron chi connectivity index (χ2n) is 8.37. The van der Waals surface area contributed by atoms with Gasteiger partial charge >= 0.3 is 0 Å². The van der Waals surface area contributed by atoms with Gasteiger partial charge in [-0.25, -0.2) is 0 Å². The summed E-state index contributed by atoms with van der Waals surface area (Å²) in [6.45, 7) is 1.96. The van der Waals surface area contributed by atoms with Crippen LogP contribution in [-0.2, 0) is 4.79 Å². The number of hydrogen-bond donors (Lipinski definition) is 6. The molecule has 0 spiro atoms. The molecule has 0 aromatic heterocycles. The van der Waals surface area contributed by atoms with Crippen LogP contribution < -0.4 is 5.32 Å². The van der Waals surface area contributed by atoms with E-state index in [0.717, 1.165) is 51.4 Å². The first-order chi connectivity index (χ1) is 13.4. The molecule has 1 amide bonds. The molecule has 28 heavy (non-hydrogen) atoms. The Bertz CT molecular complexity index is 480. The van der Waals surface area contributed by atoms with Gasteiger partial charge in [-0.15, -0.1) is 0 Å². The van der Waals surface area contributed by atoms with E-state index in [1.807, 2.05) is 0 Å². The van der Waals surface area contributed by atoms with Gasteiger partial charge < -0.3 is 35.7 Å². The standard InChI is InChI=1S/C20H38N2O6/c1-13(24)22-11-7-6-9-16(22)20(28)17(25)10-5-3-2-4-8-14-18(26)19(27)15(12-23)21-14/h14-21,23,25-28H,2-12H2,1H3/t14-,15-,16+,17+,18-,19-,20+/m1/s1. The second kappa shape index (κ2) is 11.4. The van der Waals surface area contributed by atoms with Gasteiger partial charge in [0.25, 0.3) is 0 Å². The Hall–Kier alpha value is -0.770. The van der Waals surface area contributed by atoms with Gasteiger partial charge in [0.15, 0.2) is 0 Å². The summed E-state index contributed by atoms with van der Waals surface area (Å²) in [5.41, 5.74) is 0. The Balaban J connectivity index is 1.62. The number of nitrogens with zero attached hydrogens (tertiary/aromatic N) is 1. The van der Waals surface area contributed by atoms with E-state index in [4.69, 9.17) is 5.11 Å². The van der Waals surface area contributed by atoms with Gasteiger partial charge in [0.2, 0.25) is 5.91 Å². The van der Waals surface area contributed by atoms with Crippen LogP contribution in [0.2, 0.25) is 0 Å². The van der Waals surface area contributed by atoms with Gasteiger partial charge in [-0.3, -0.25) is 4.79 Å². The summed E-state index contributed by atoms with van der Waals surface area (Å²) in [5.74, 6) is -0.0489. The van der Waals surface area contributed by atoms with Crippen LogP contribution in [0, 0.1) is 0 Å². The van der Waals surface area contributed by atoms with Crippen molar-refractivity contribution >= 4 is 5.91 Å². The Morgan fingerprint density at radius 3 is 2.39 bits per heavy atom. The highest BCUT2D eigenvalue weighted by atomic mass is 16.3. The lowest BCUT2D eigenvalue weighted by atomic mass is 9.92. The molecule has 2 saturated heterocycles. The largest absolute Gasteiger partial charge is 0.395 e. The van der Waals surface area contributed by atoms with Crippen LogP contribution in [0.5, 0.6) is 0 Å². The minimum atomic E-state index is -0.930. The smallest absolute Gasteiger partial charge is 0.219 e. The monoisotopic (exact) mass is 402 g/mol. The van der Waals surface area contributed by atoms with Crippen molar-refractivity contribution in [1.82, 2.24) is 10.2 Å². The number of piperidine rings is 1. The zero-order valence-corrected chi connectivity index (χ0v) is 16.9. The summed E-state index contributed by atoms with van der Waals surface area (Å²) in [6, 6.07) is -0.962. The quantitative estimate of drug-likeness (QED) is 0.272. The SMILES string of the molecule is CC(=O)N1CCCC[C@H]1[C@H](O)[C@@H](O)CCCCCC[C@H]1N[C@H](CO)[C@@H](O)[C@@H]1O. The summed E-state index contributed by atoms with van der Waals surface area (Å²) >= 11 is 0. The molecule has 8 nitrogen and oxygen atoms in total. The Kier molecular flexibility index (Phi) is 9.59. The van der Waals surface area contributed by atoms with Crippen LogP contribution in [-0.4, -0.2) is 92.0 Å². The fourth-order valence-electron chi connectivity index (χ4n) is 4.56. The lowest BCUT2D eigenvalue weighted by Gasteiger charge is -2.39. The minimum Gasteiger partial charge on any atom is -0.395 e. The van der Waals surface area contributed by atoms with E-state index in [1.54, 1.807) is 4.90 Å². The molecule has 0 saturated carbocycles. The summed E-state index contributed by atoms with van der Waals surface area (Å²) in [6.07, 6.45) is 3.83. The summed E-state index contributed by atoms with van der Waals surface area (Å²) in [7, 11) is 0. The number of aliphatic hydroxyl groups excluding tert-OH is 5. The minimum absolute atomic E-state index is 0.0489. The summed E-state index contributed by atoms with van der Waals surface area (Å²) < 4.78 is 0. The van der Waals surface area contributed by atoms with Crippen LogP contribution >= 0.6 is 0 Å². The molecule has 7 atom stereocenters. The molecule has 0 aromatic carbocycles. The van der Waals surface area contributed by atoms with Gasteiger partial charge in [-0.2, -0.15) is 0 Å². The molecule has 8 heteroatoms. The van der Waals surface area contributed by atoms with Gasteiger partial charge in [-0.05, 0) is 32.1 Å². The predicted octanol–water partition coefficient (Wildman–Crippen LogP) is -0.496. The van der Waals surface area contributed by atoms with Crippen LogP contribution in [0.1, 0.15) is 64.7 Å². The van der Waals surface area contributed by atoms with Crippen LogP contribution in [0.3, 0.4) is 0 Å². The van der Waals surface area contributed by atoms with E-state index in [-0.39, 0.29) is 24.6 Å². The van der Waals surface area contributed by atoms with Crippen molar-refractivity contribution < 1.29 is 30.3 Å². The van der Waals surface area contributed by atoms with Crippen molar-refractivity contribution in [1.29, 1.82) is 0 Å². The molecular weight excluding hydrogens is 364 g/mol. The molecular formula is C20H38N2O6. The van der Waals surface area contributed by atoms with Crippen molar-refractivity contribution in [2.45, 2.75) is 107 Å². The maximum Gasteiger partial charge on any atom is 0.219 e. The zero-order chi connectivity index (χ0) is 20.7. The maximum absolute atomic E-state index is 11.7. The molecule has 0 aliphatic carbocycles. The molecule has 0 bridgehead atoms. The highest BCUT2D eigenvalue weighted by Crippen LogP contribution is 2.24. The van der Waals surface area contributed by atoms with Crippen LogP contribution in [0.4, 0.5) is 0 Å².